The van der Waals surface area contributed by atoms with Crippen LogP contribution in [0.4, 0.5) is 0 Å². The molecule has 438 valence electrons. The van der Waals surface area contributed by atoms with E-state index in [9.17, 15) is 0 Å². The summed E-state index contributed by atoms with van der Waals surface area (Å²) >= 11 is 0. The van der Waals surface area contributed by atoms with Gasteiger partial charge in [0.2, 0.25) is 0 Å². The zero-order valence-electron chi connectivity index (χ0n) is 56.1. The van der Waals surface area contributed by atoms with Gasteiger partial charge in [0, 0.05) is 0 Å². The zero-order chi connectivity index (χ0) is 60.9. The molecule has 2 saturated carbocycles. The van der Waals surface area contributed by atoms with E-state index in [4.69, 9.17) is 0 Å². The van der Waals surface area contributed by atoms with Gasteiger partial charge in [0.15, 0.2) is 0 Å². The Morgan fingerprint density at radius 3 is 0.780 bits per heavy atom. The van der Waals surface area contributed by atoms with Gasteiger partial charge in [-0.2, -0.15) is 0 Å². The maximum Gasteiger partial charge on any atom is -0.0149 e. The average molecular weight is 1100 g/mol. The van der Waals surface area contributed by atoms with Gasteiger partial charge in [-0.15, -0.1) is 0 Å². The van der Waals surface area contributed by atoms with Crippen molar-refractivity contribution in [1.29, 1.82) is 0 Å². The van der Waals surface area contributed by atoms with Crippen molar-refractivity contribution in [2.75, 3.05) is 0 Å². The minimum atomic E-state index is 0.955. The van der Waals surface area contributed by atoms with Gasteiger partial charge in [-0.3, -0.25) is 0 Å². The molecule has 4 atom stereocenters. The number of rotatable bonds is 0. The van der Waals surface area contributed by atoms with Crippen LogP contribution in [0.15, 0.2) is 133 Å². The van der Waals surface area contributed by atoms with Crippen molar-refractivity contribution in [3.05, 3.63) is 222 Å². The Hall–Kier alpha value is -5.98. The van der Waals surface area contributed by atoms with Crippen molar-refractivity contribution >= 4 is 43.1 Å². The molecule has 0 spiro atoms. The first-order valence-electron chi connectivity index (χ1n) is 31.5. The number of hydrogen-bond donors (Lipinski definition) is 0. The van der Waals surface area contributed by atoms with E-state index in [2.05, 4.69) is 300 Å². The Kier molecular flexibility index (Phi) is 24.9. The standard InChI is InChI=1S/C14H16.2C13H14.C12H12.2C10H20.C10H14/c1-9-5-7-14-12(4)10(2)6-8-13(14)11(9)3;2*1-9-4-7-13-11(3)10(2)5-6-12(13)8-9;1-9-3-5-12-8-10(2)4-6-11(12)7-9;3*1-7-5-8(2)10(4)9(3)6-7/h5-8H,1-4H3;2*4-8H,1-3H3;3-8H,1-2H3;2*7-10H,5-6H2,1-4H3;5-6H,1-4H3. The zero-order valence-corrected chi connectivity index (χ0v) is 56.1. The fourth-order valence-electron chi connectivity index (χ4n) is 12.8. The lowest BCUT2D eigenvalue weighted by Crippen LogP contribution is -2.26. The van der Waals surface area contributed by atoms with E-state index in [0.29, 0.717) is 0 Å². The first kappa shape index (κ1) is 66.8. The molecule has 0 N–H and O–H groups in total. The summed E-state index contributed by atoms with van der Waals surface area (Å²) in [5.41, 5.74) is 22.0. The Balaban J connectivity index is 0.000000176. The lowest BCUT2D eigenvalue weighted by atomic mass is 9.71. The monoisotopic (exact) mass is 1090 g/mol. The van der Waals surface area contributed by atoms with Crippen LogP contribution < -0.4 is 0 Å². The van der Waals surface area contributed by atoms with Crippen LogP contribution in [0, 0.1) is 158 Å². The van der Waals surface area contributed by atoms with E-state index < -0.39 is 0 Å². The fraction of sp³-hybridized carbons (Fsp3) is 0.439. The normalized spacial score (nSPS) is 20.0. The Morgan fingerprint density at radius 1 is 0.220 bits per heavy atom. The van der Waals surface area contributed by atoms with E-state index in [1.807, 2.05) is 0 Å². The van der Waals surface area contributed by atoms with Crippen molar-refractivity contribution in [3.63, 3.8) is 0 Å². The third kappa shape index (κ3) is 18.5. The minimum absolute atomic E-state index is 0.955. The molecule has 0 heteroatoms. The first-order chi connectivity index (χ1) is 38.6. The number of fused-ring (bicyclic) bond motifs is 4. The molecule has 0 heterocycles. The summed E-state index contributed by atoms with van der Waals surface area (Å²) in [5, 5.41) is 10.9. The number of hydrogen-bond acceptors (Lipinski definition) is 0. The van der Waals surface area contributed by atoms with Crippen LogP contribution in [0.1, 0.15) is 170 Å². The van der Waals surface area contributed by atoms with E-state index in [1.54, 1.807) is 0 Å². The maximum absolute atomic E-state index is 2.40. The third-order valence-corrected chi connectivity index (χ3v) is 19.6. The molecule has 0 amide bonds. The Morgan fingerprint density at radius 2 is 0.463 bits per heavy atom. The smallest absolute Gasteiger partial charge is 0.0149 e. The van der Waals surface area contributed by atoms with Gasteiger partial charge < -0.3 is 0 Å². The van der Waals surface area contributed by atoms with Gasteiger partial charge in [-0.1, -0.05) is 217 Å². The van der Waals surface area contributed by atoms with Crippen molar-refractivity contribution < 1.29 is 0 Å². The topological polar surface area (TPSA) is 0 Å². The van der Waals surface area contributed by atoms with E-state index >= 15 is 0 Å². The average Bonchev–Trinajstić information content (AvgIpc) is 3.42. The van der Waals surface area contributed by atoms with E-state index in [-0.39, 0.29) is 0 Å². The van der Waals surface area contributed by atoms with Crippen LogP contribution in [0.5, 0.6) is 0 Å². The highest BCUT2D eigenvalue weighted by Crippen LogP contribution is 2.38. The predicted molar refractivity (Wildman–Crippen MR) is 370 cm³/mol. The van der Waals surface area contributed by atoms with Gasteiger partial charge in [-0.25, -0.2) is 0 Å². The molecule has 2 aliphatic carbocycles. The van der Waals surface area contributed by atoms with E-state index in [0.717, 1.165) is 47.3 Å². The molecular formula is C82H110. The second-order valence-corrected chi connectivity index (χ2v) is 26.7. The molecule has 0 aromatic heterocycles. The lowest BCUT2D eigenvalue weighted by molar-refractivity contribution is 0.151. The molecule has 2 aliphatic rings. The molecule has 0 radical (unpaired) electrons. The van der Waals surface area contributed by atoms with Gasteiger partial charge >= 0.3 is 0 Å². The predicted octanol–water partition coefficient (Wildman–Crippen LogP) is 24.6. The summed E-state index contributed by atoms with van der Waals surface area (Å²) in [4.78, 5) is 0. The van der Waals surface area contributed by atoms with Crippen LogP contribution >= 0.6 is 0 Å². The van der Waals surface area contributed by atoms with Gasteiger partial charge in [0.25, 0.3) is 0 Å². The van der Waals surface area contributed by atoms with E-state index in [1.165, 1.54) is 158 Å². The molecule has 11 rings (SSSR count). The van der Waals surface area contributed by atoms with Crippen LogP contribution in [0.25, 0.3) is 43.1 Å². The summed E-state index contributed by atoms with van der Waals surface area (Å²) in [5.74, 6) is 7.68. The minimum Gasteiger partial charge on any atom is -0.0625 e. The largest absolute Gasteiger partial charge is 0.0625 e. The quantitative estimate of drug-likeness (QED) is 0.142. The highest BCUT2D eigenvalue weighted by molar-refractivity contribution is 5.90. The molecule has 0 saturated heterocycles. The second-order valence-electron chi connectivity index (χ2n) is 26.7. The van der Waals surface area contributed by atoms with Crippen LogP contribution in [0.2, 0.25) is 0 Å². The van der Waals surface area contributed by atoms with Crippen LogP contribution in [-0.2, 0) is 0 Å². The highest BCUT2D eigenvalue weighted by Gasteiger charge is 2.28. The summed E-state index contributed by atoms with van der Waals surface area (Å²) in [6.07, 6.45) is 5.80. The van der Waals surface area contributed by atoms with Crippen molar-refractivity contribution in [2.45, 2.75) is 192 Å². The molecule has 0 nitrogen and oxygen atoms in total. The summed E-state index contributed by atoms with van der Waals surface area (Å²) in [6.45, 7) is 53.8. The molecule has 0 aliphatic heterocycles. The Bertz CT molecular complexity index is 3270. The number of aryl methyl sites for hydroxylation is 15. The fourth-order valence-corrected chi connectivity index (χ4v) is 12.8. The molecule has 0 bridgehead atoms. The molecule has 2 fully saturated rings. The van der Waals surface area contributed by atoms with Crippen molar-refractivity contribution in [2.24, 2.45) is 47.3 Å². The Labute approximate surface area is 502 Å². The van der Waals surface area contributed by atoms with Crippen LogP contribution in [0.3, 0.4) is 0 Å². The summed E-state index contributed by atoms with van der Waals surface area (Å²) < 4.78 is 0. The van der Waals surface area contributed by atoms with Crippen molar-refractivity contribution in [1.82, 2.24) is 0 Å². The second kappa shape index (κ2) is 30.5. The molecule has 82 heavy (non-hydrogen) atoms. The molecular weight excluding hydrogens is 985 g/mol. The first-order valence-corrected chi connectivity index (χ1v) is 31.5. The maximum atomic E-state index is 2.40. The van der Waals surface area contributed by atoms with Gasteiger partial charge in [-0.05, 0) is 288 Å². The molecule has 4 unspecified atom stereocenters. The SMILES string of the molecule is CC1CC(C)C(C)C(C)C1.CC1CC(C)C(C)C(C)C1.Cc1cc(C)c(C)c(C)c1.Cc1ccc2c(C)c(C)ccc2c1.Cc1ccc2c(C)c(C)ccc2c1.Cc1ccc2c(C)c(C)ccc2c1C.Cc1ccc2cc(C)ccc2c1. The number of benzene rings is 9. The lowest BCUT2D eigenvalue weighted by Gasteiger charge is -2.35. The van der Waals surface area contributed by atoms with Crippen LogP contribution in [-0.4, -0.2) is 0 Å². The summed E-state index contributed by atoms with van der Waals surface area (Å²) in [6, 6.07) is 48.5. The highest BCUT2D eigenvalue weighted by atomic mass is 14.3. The van der Waals surface area contributed by atoms with Gasteiger partial charge in [0.05, 0.1) is 0 Å². The third-order valence-electron chi connectivity index (χ3n) is 19.6. The van der Waals surface area contributed by atoms with Crippen molar-refractivity contribution in [3.8, 4) is 0 Å². The molecule has 9 aromatic carbocycles. The molecule has 9 aromatic rings. The summed E-state index contributed by atoms with van der Waals surface area (Å²) in [7, 11) is 0. The van der Waals surface area contributed by atoms with Gasteiger partial charge in [0.1, 0.15) is 0 Å².